The maximum Gasteiger partial charge on any atom is 0.189 e. The van der Waals surface area contributed by atoms with Crippen LogP contribution < -0.4 is 0 Å². The number of carbonyl (C=O) groups is 1. The largest absolute Gasteiger partial charge is 0.292 e. The van der Waals surface area contributed by atoms with Gasteiger partial charge in [-0.05, 0) is 24.6 Å². The van der Waals surface area contributed by atoms with Gasteiger partial charge in [-0.1, -0.05) is 18.2 Å². The number of rotatable bonds is 3. The van der Waals surface area contributed by atoms with Gasteiger partial charge in [-0.3, -0.25) is 9.48 Å². The van der Waals surface area contributed by atoms with Gasteiger partial charge in [-0.2, -0.15) is 5.10 Å². The average Bonchev–Trinajstić information content (AvgIpc) is 3.04. The molecule has 0 fully saturated rings. The topological polar surface area (TPSA) is 34.9 Å². The Labute approximate surface area is 110 Å². The Morgan fingerprint density at radius 2 is 2.28 bits per heavy atom. The lowest BCUT2D eigenvalue weighted by molar-refractivity contribution is 0.0958. The lowest BCUT2D eigenvalue weighted by atomic mass is 9.95. The molecule has 18 heavy (non-hydrogen) atoms. The average molecular weight is 258 g/mol. The first kappa shape index (κ1) is 11.5. The maximum absolute atomic E-state index is 12.6. The third-order valence-corrected chi connectivity index (χ3v) is 4.47. The van der Waals surface area contributed by atoms with Gasteiger partial charge in [-0.15, -0.1) is 11.8 Å². The second-order valence-electron chi connectivity index (χ2n) is 4.30. The molecule has 0 saturated carbocycles. The first-order valence-electron chi connectivity index (χ1n) is 6.09. The Morgan fingerprint density at radius 3 is 3.11 bits per heavy atom. The molecule has 0 N–H and O–H groups in total. The summed E-state index contributed by atoms with van der Waals surface area (Å²) >= 11 is 1.76. The van der Waals surface area contributed by atoms with Crippen molar-refractivity contribution in [1.29, 1.82) is 0 Å². The number of nitrogens with zero attached hydrogens (tertiary/aromatic N) is 2. The second kappa shape index (κ2) is 4.61. The summed E-state index contributed by atoms with van der Waals surface area (Å²) in [6.45, 7) is 2.73. The molecule has 1 atom stereocenters. The zero-order valence-electron chi connectivity index (χ0n) is 10.2. The van der Waals surface area contributed by atoms with Crippen LogP contribution in [0.25, 0.3) is 0 Å². The molecule has 0 bridgehead atoms. The highest BCUT2D eigenvalue weighted by Crippen LogP contribution is 2.40. The molecule has 0 amide bonds. The van der Waals surface area contributed by atoms with Crippen LogP contribution in [0.15, 0.2) is 41.4 Å². The van der Waals surface area contributed by atoms with Crippen LogP contribution in [0.3, 0.4) is 0 Å². The molecule has 0 spiro atoms. The Bertz CT molecular complexity index is 591. The Kier molecular flexibility index (Phi) is 2.96. The number of Topliss-reactive ketones (excluding diaryl/α,β-unsaturated/α-hetero) is 1. The molecule has 1 aliphatic rings. The molecule has 1 aliphatic heterocycles. The van der Waals surface area contributed by atoms with E-state index in [0.29, 0.717) is 0 Å². The highest BCUT2D eigenvalue weighted by atomic mass is 32.2. The highest BCUT2D eigenvalue weighted by Gasteiger charge is 2.31. The highest BCUT2D eigenvalue weighted by molar-refractivity contribution is 7.99. The molecule has 1 aromatic carbocycles. The maximum atomic E-state index is 12.6. The van der Waals surface area contributed by atoms with Crippen LogP contribution >= 0.6 is 11.8 Å². The van der Waals surface area contributed by atoms with Crippen LogP contribution in [0.4, 0.5) is 0 Å². The van der Waals surface area contributed by atoms with Gasteiger partial charge < -0.3 is 0 Å². The number of carbonyl (C=O) groups excluding carboxylic acids is 1. The van der Waals surface area contributed by atoms with Crippen molar-refractivity contribution in [3.8, 4) is 0 Å². The second-order valence-corrected chi connectivity index (χ2v) is 5.36. The van der Waals surface area contributed by atoms with Crippen molar-refractivity contribution in [3.05, 3.63) is 47.8 Å². The zero-order chi connectivity index (χ0) is 12.5. The van der Waals surface area contributed by atoms with Crippen LogP contribution in [0, 0.1) is 0 Å². The minimum absolute atomic E-state index is 0.0202. The number of aromatic nitrogens is 2. The van der Waals surface area contributed by atoms with Crippen LogP contribution in [-0.2, 0) is 6.54 Å². The van der Waals surface area contributed by atoms with Gasteiger partial charge in [0, 0.05) is 23.4 Å². The zero-order valence-corrected chi connectivity index (χ0v) is 11.0. The van der Waals surface area contributed by atoms with Gasteiger partial charge in [0.15, 0.2) is 5.78 Å². The fourth-order valence-corrected chi connectivity index (χ4v) is 3.58. The number of aryl methyl sites for hydroxylation is 1. The minimum Gasteiger partial charge on any atom is -0.292 e. The summed E-state index contributed by atoms with van der Waals surface area (Å²) in [5.41, 5.74) is 1.89. The summed E-state index contributed by atoms with van der Waals surface area (Å²) in [5, 5.41) is 4.17. The molecular formula is C14H14N2OS. The predicted octanol–water partition coefficient (Wildman–Crippen LogP) is 2.98. The van der Waals surface area contributed by atoms with E-state index in [4.69, 9.17) is 0 Å². The van der Waals surface area contributed by atoms with Gasteiger partial charge in [-0.25, -0.2) is 0 Å². The Hall–Kier alpha value is -1.55. The third kappa shape index (κ3) is 1.77. The van der Waals surface area contributed by atoms with Crippen molar-refractivity contribution in [2.75, 3.05) is 5.75 Å². The van der Waals surface area contributed by atoms with E-state index in [0.717, 1.165) is 23.6 Å². The number of thioether (sulfide) groups is 1. The smallest absolute Gasteiger partial charge is 0.189 e. The summed E-state index contributed by atoms with van der Waals surface area (Å²) in [4.78, 5) is 13.8. The molecule has 0 aliphatic carbocycles. The lowest BCUT2D eigenvalue weighted by Crippen LogP contribution is -2.17. The molecule has 0 saturated heterocycles. The van der Waals surface area contributed by atoms with E-state index < -0.39 is 0 Å². The van der Waals surface area contributed by atoms with E-state index >= 15 is 0 Å². The van der Waals surface area contributed by atoms with Crippen LogP contribution in [-0.4, -0.2) is 21.3 Å². The quantitative estimate of drug-likeness (QED) is 0.794. The molecule has 2 aromatic rings. The van der Waals surface area contributed by atoms with Crippen molar-refractivity contribution in [2.24, 2.45) is 0 Å². The molecule has 1 unspecified atom stereocenters. The molecule has 3 rings (SSSR count). The number of ketones is 1. The fourth-order valence-electron chi connectivity index (χ4n) is 2.35. The van der Waals surface area contributed by atoms with Gasteiger partial charge in [0.25, 0.3) is 0 Å². The Balaban J connectivity index is 1.96. The van der Waals surface area contributed by atoms with Crippen molar-refractivity contribution < 1.29 is 4.79 Å². The van der Waals surface area contributed by atoms with Crippen LogP contribution in [0.1, 0.15) is 28.9 Å². The molecular weight excluding hydrogens is 244 g/mol. The van der Waals surface area contributed by atoms with E-state index in [1.54, 1.807) is 22.6 Å². The summed E-state index contributed by atoms with van der Waals surface area (Å²) in [6.07, 6.45) is 1.70. The first-order chi connectivity index (χ1) is 8.81. The molecule has 4 heteroatoms. The van der Waals surface area contributed by atoms with E-state index in [2.05, 4.69) is 17.2 Å². The molecule has 92 valence electrons. The lowest BCUT2D eigenvalue weighted by Gasteiger charge is -2.10. The molecule has 2 heterocycles. The summed E-state index contributed by atoms with van der Waals surface area (Å²) < 4.78 is 1.77. The Morgan fingerprint density at radius 1 is 1.44 bits per heavy atom. The number of fused-ring (bicyclic) bond motifs is 1. The minimum atomic E-state index is -0.0202. The van der Waals surface area contributed by atoms with Crippen molar-refractivity contribution in [1.82, 2.24) is 9.78 Å². The summed E-state index contributed by atoms with van der Waals surface area (Å²) in [5.74, 6) is 1.01. The van der Waals surface area contributed by atoms with E-state index in [1.807, 2.05) is 25.1 Å². The van der Waals surface area contributed by atoms with E-state index in [-0.39, 0.29) is 11.7 Å². The van der Waals surface area contributed by atoms with Crippen molar-refractivity contribution >= 4 is 17.5 Å². The van der Waals surface area contributed by atoms with E-state index in [9.17, 15) is 4.79 Å². The van der Waals surface area contributed by atoms with Gasteiger partial charge >= 0.3 is 0 Å². The van der Waals surface area contributed by atoms with Crippen molar-refractivity contribution in [3.63, 3.8) is 0 Å². The monoisotopic (exact) mass is 258 g/mol. The van der Waals surface area contributed by atoms with Crippen LogP contribution in [0.5, 0.6) is 0 Å². The third-order valence-electron chi connectivity index (χ3n) is 3.28. The SMILES string of the molecule is CCn1nccc1C(=O)C1CSc2ccccc21. The molecule has 1 aromatic heterocycles. The normalized spacial score (nSPS) is 17.7. The summed E-state index contributed by atoms with van der Waals surface area (Å²) in [7, 11) is 0. The van der Waals surface area contributed by atoms with Gasteiger partial charge in [0.05, 0.1) is 5.92 Å². The van der Waals surface area contributed by atoms with Crippen LogP contribution in [0.2, 0.25) is 0 Å². The van der Waals surface area contributed by atoms with Gasteiger partial charge in [0.2, 0.25) is 0 Å². The molecule has 3 nitrogen and oxygen atoms in total. The molecule has 0 radical (unpaired) electrons. The van der Waals surface area contributed by atoms with E-state index in [1.165, 1.54) is 4.90 Å². The number of benzene rings is 1. The summed E-state index contributed by atoms with van der Waals surface area (Å²) in [6, 6.07) is 9.99. The predicted molar refractivity (Wildman–Crippen MR) is 72.1 cm³/mol. The fraction of sp³-hybridized carbons (Fsp3) is 0.286. The number of hydrogen-bond acceptors (Lipinski definition) is 3. The first-order valence-corrected chi connectivity index (χ1v) is 7.07. The standard InChI is InChI=1S/C14H14N2OS/c1-2-16-12(7-8-15-16)14(17)11-9-18-13-6-4-3-5-10(11)13/h3-8,11H,2,9H2,1H3. The van der Waals surface area contributed by atoms with Gasteiger partial charge in [0.1, 0.15) is 5.69 Å². The number of hydrogen-bond donors (Lipinski definition) is 0. The van der Waals surface area contributed by atoms with Crippen molar-refractivity contribution in [2.45, 2.75) is 24.3 Å².